The van der Waals surface area contributed by atoms with E-state index in [1.54, 1.807) is 0 Å². The van der Waals surface area contributed by atoms with E-state index >= 15 is 0 Å². The molecule has 0 fully saturated rings. The zero-order chi connectivity index (χ0) is 12.1. The van der Waals surface area contributed by atoms with Gasteiger partial charge in [-0.2, -0.15) is 0 Å². The van der Waals surface area contributed by atoms with Gasteiger partial charge in [0.1, 0.15) is 11.4 Å². The van der Waals surface area contributed by atoms with Crippen molar-refractivity contribution in [3.63, 3.8) is 0 Å². The fourth-order valence-corrected chi connectivity index (χ4v) is 1.60. The quantitative estimate of drug-likeness (QED) is 0.391. The highest BCUT2D eigenvalue weighted by Crippen LogP contribution is 2.34. The van der Waals surface area contributed by atoms with E-state index in [4.69, 9.17) is 10.5 Å². The van der Waals surface area contributed by atoms with Gasteiger partial charge in [-0.25, -0.2) is 0 Å². The van der Waals surface area contributed by atoms with Crippen LogP contribution in [0.25, 0.3) is 0 Å². The van der Waals surface area contributed by atoms with Crippen molar-refractivity contribution in [3.05, 3.63) is 26.7 Å². The van der Waals surface area contributed by atoms with Gasteiger partial charge in [0, 0.05) is 12.1 Å². The van der Waals surface area contributed by atoms with Gasteiger partial charge >= 0.3 is 0 Å². The third-order valence-electron chi connectivity index (χ3n) is 2.03. The summed E-state index contributed by atoms with van der Waals surface area (Å²) in [5, 5.41) is 10.6. The summed E-state index contributed by atoms with van der Waals surface area (Å²) in [6, 6.07) is 2.83. The molecular weight excluding hydrogens is 276 g/mol. The van der Waals surface area contributed by atoms with E-state index in [-0.39, 0.29) is 11.4 Å². The summed E-state index contributed by atoms with van der Waals surface area (Å²) in [6.45, 7) is 2.63. The Labute approximate surface area is 102 Å². The lowest BCUT2D eigenvalue weighted by Crippen LogP contribution is -2.00. The fraction of sp³-hybridized carbons (Fsp3) is 0.400. The molecule has 0 unspecified atom stereocenters. The Morgan fingerprint density at radius 3 is 2.81 bits per heavy atom. The molecule has 0 amide bonds. The summed E-state index contributed by atoms with van der Waals surface area (Å²) in [4.78, 5) is 10.1. The predicted molar refractivity (Wildman–Crippen MR) is 65.6 cm³/mol. The molecule has 1 aromatic carbocycles. The van der Waals surface area contributed by atoms with E-state index in [2.05, 4.69) is 22.9 Å². The lowest BCUT2D eigenvalue weighted by molar-refractivity contribution is -0.384. The van der Waals surface area contributed by atoms with Gasteiger partial charge in [0.2, 0.25) is 0 Å². The lowest BCUT2D eigenvalue weighted by Gasteiger charge is -2.08. The highest BCUT2D eigenvalue weighted by Gasteiger charge is 2.15. The smallest absolute Gasteiger partial charge is 0.293 e. The average Bonchev–Trinajstić information content (AvgIpc) is 2.22. The van der Waals surface area contributed by atoms with Crippen molar-refractivity contribution >= 4 is 27.3 Å². The number of unbranched alkanes of at least 4 members (excludes halogenated alkanes) is 1. The standard InChI is InChI=1S/C10H13BrN2O3/c1-2-3-4-16-10-6-8(12)9(13(14)15)5-7(10)11/h5-6H,2-4,12H2,1H3. The maximum atomic E-state index is 10.6. The molecule has 0 aliphatic carbocycles. The Morgan fingerprint density at radius 2 is 2.25 bits per heavy atom. The highest BCUT2D eigenvalue weighted by atomic mass is 79.9. The second-order valence-corrected chi connectivity index (χ2v) is 4.15. The van der Waals surface area contributed by atoms with Crippen molar-refractivity contribution in [2.45, 2.75) is 19.8 Å². The molecule has 0 saturated carbocycles. The van der Waals surface area contributed by atoms with E-state index in [0.717, 1.165) is 12.8 Å². The zero-order valence-electron chi connectivity index (χ0n) is 8.90. The van der Waals surface area contributed by atoms with Gasteiger partial charge in [-0.15, -0.1) is 0 Å². The molecule has 1 aromatic rings. The summed E-state index contributed by atoms with van der Waals surface area (Å²) in [6.07, 6.45) is 1.96. The van der Waals surface area contributed by atoms with Crippen LogP contribution in [-0.4, -0.2) is 11.5 Å². The predicted octanol–water partition coefficient (Wildman–Crippen LogP) is 3.12. The van der Waals surface area contributed by atoms with Crippen LogP contribution in [0.3, 0.4) is 0 Å². The van der Waals surface area contributed by atoms with E-state index in [0.29, 0.717) is 16.8 Å². The largest absolute Gasteiger partial charge is 0.492 e. The third-order valence-corrected chi connectivity index (χ3v) is 2.65. The van der Waals surface area contributed by atoms with Gasteiger partial charge in [0.15, 0.2) is 0 Å². The van der Waals surface area contributed by atoms with Crippen LogP contribution in [-0.2, 0) is 0 Å². The number of benzene rings is 1. The van der Waals surface area contributed by atoms with Crippen molar-refractivity contribution in [2.75, 3.05) is 12.3 Å². The maximum absolute atomic E-state index is 10.6. The molecule has 5 nitrogen and oxygen atoms in total. The summed E-state index contributed by atoms with van der Waals surface area (Å²) in [7, 11) is 0. The zero-order valence-corrected chi connectivity index (χ0v) is 10.5. The number of rotatable bonds is 5. The van der Waals surface area contributed by atoms with Crippen molar-refractivity contribution in [1.29, 1.82) is 0 Å². The molecule has 0 spiro atoms. The van der Waals surface area contributed by atoms with Crippen LogP contribution in [0.5, 0.6) is 5.75 Å². The van der Waals surface area contributed by atoms with Crippen molar-refractivity contribution in [1.82, 2.24) is 0 Å². The van der Waals surface area contributed by atoms with Crippen LogP contribution in [0.2, 0.25) is 0 Å². The van der Waals surface area contributed by atoms with Gasteiger partial charge in [-0.3, -0.25) is 10.1 Å². The van der Waals surface area contributed by atoms with Crippen LogP contribution >= 0.6 is 15.9 Å². The summed E-state index contributed by atoms with van der Waals surface area (Å²) < 4.78 is 5.99. The van der Waals surface area contributed by atoms with Crippen LogP contribution in [0.15, 0.2) is 16.6 Å². The number of nitro benzene ring substituents is 1. The number of nitro groups is 1. The number of hydrogen-bond donors (Lipinski definition) is 1. The molecule has 0 atom stereocenters. The topological polar surface area (TPSA) is 78.4 Å². The van der Waals surface area contributed by atoms with E-state index in [9.17, 15) is 10.1 Å². The van der Waals surface area contributed by atoms with Crippen LogP contribution < -0.4 is 10.5 Å². The molecule has 0 aromatic heterocycles. The lowest BCUT2D eigenvalue weighted by atomic mass is 10.2. The minimum Gasteiger partial charge on any atom is -0.492 e. The number of halogens is 1. The SMILES string of the molecule is CCCCOc1cc(N)c([N+](=O)[O-])cc1Br. The van der Waals surface area contributed by atoms with Crippen molar-refractivity contribution < 1.29 is 9.66 Å². The molecule has 88 valence electrons. The van der Waals surface area contributed by atoms with Crippen molar-refractivity contribution in [3.8, 4) is 5.75 Å². The number of nitrogens with zero attached hydrogens (tertiary/aromatic N) is 1. The number of nitrogens with two attached hydrogens (primary N) is 1. The Hall–Kier alpha value is -1.30. The summed E-state index contributed by atoms with van der Waals surface area (Å²) in [5.74, 6) is 0.538. The van der Waals surface area contributed by atoms with Crippen LogP contribution in [0.1, 0.15) is 19.8 Å². The Balaban J connectivity index is 2.88. The summed E-state index contributed by atoms with van der Waals surface area (Å²) in [5.41, 5.74) is 5.55. The first kappa shape index (κ1) is 12.8. The maximum Gasteiger partial charge on any atom is 0.293 e. The van der Waals surface area contributed by atoms with Crippen molar-refractivity contribution in [2.24, 2.45) is 0 Å². The molecule has 0 aliphatic heterocycles. The first-order valence-corrected chi connectivity index (χ1v) is 5.71. The molecule has 0 heterocycles. The van der Waals surface area contributed by atoms with E-state index in [1.165, 1.54) is 12.1 Å². The first-order valence-electron chi connectivity index (χ1n) is 4.92. The number of anilines is 1. The van der Waals surface area contributed by atoms with Gasteiger partial charge < -0.3 is 10.5 Å². The van der Waals surface area contributed by atoms with Gasteiger partial charge in [0.05, 0.1) is 16.0 Å². The molecule has 1 rings (SSSR count). The summed E-state index contributed by atoms with van der Waals surface area (Å²) >= 11 is 3.22. The van der Waals surface area contributed by atoms with Gasteiger partial charge in [-0.05, 0) is 22.4 Å². The molecule has 16 heavy (non-hydrogen) atoms. The second kappa shape index (κ2) is 5.69. The van der Waals surface area contributed by atoms with Gasteiger partial charge in [0.25, 0.3) is 5.69 Å². The molecule has 0 bridgehead atoms. The number of ether oxygens (including phenoxy) is 1. The molecular formula is C10H13BrN2O3. The second-order valence-electron chi connectivity index (χ2n) is 3.30. The Bertz CT molecular complexity index is 396. The van der Waals surface area contributed by atoms with E-state index < -0.39 is 4.92 Å². The Kier molecular flexibility index (Phi) is 4.54. The minimum absolute atomic E-state index is 0.111. The molecule has 0 saturated heterocycles. The molecule has 0 radical (unpaired) electrons. The first-order chi connectivity index (χ1) is 7.56. The third kappa shape index (κ3) is 3.10. The van der Waals surface area contributed by atoms with Crippen LogP contribution in [0, 0.1) is 10.1 Å². The van der Waals surface area contributed by atoms with Crippen LogP contribution in [0.4, 0.5) is 11.4 Å². The van der Waals surface area contributed by atoms with E-state index in [1.807, 2.05) is 0 Å². The monoisotopic (exact) mass is 288 g/mol. The Morgan fingerprint density at radius 1 is 1.56 bits per heavy atom. The average molecular weight is 289 g/mol. The molecule has 2 N–H and O–H groups in total. The number of hydrogen-bond acceptors (Lipinski definition) is 4. The normalized spacial score (nSPS) is 10.1. The number of nitrogen functional groups attached to an aromatic ring is 1. The fourth-order valence-electron chi connectivity index (χ4n) is 1.15. The molecule has 6 heteroatoms. The highest BCUT2D eigenvalue weighted by molar-refractivity contribution is 9.10. The minimum atomic E-state index is -0.518. The van der Waals surface area contributed by atoms with Gasteiger partial charge in [-0.1, -0.05) is 13.3 Å². The molecule has 0 aliphatic rings.